The molecular formula is C31H28F2N4O4. The fraction of sp³-hybridized carbons (Fsp3) is 0.194. The summed E-state index contributed by atoms with van der Waals surface area (Å²) in [6.45, 7) is 1.91. The van der Waals surface area contributed by atoms with Crippen LogP contribution in [0.2, 0.25) is 0 Å². The Hall–Kier alpha value is -4.99. The van der Waals surface area contributed by atoms with Crippen molar-refractivity contribution in [2.45, 2.75) is 13.0 Å². The first-order valence-corrected chi connectivity index (χ1v) is 13.2. The molecule has 1 aliphatic rings. The first-order chi connectivity index (χ1) is 19.9. The van der Waals surface area contributed by atoms with Crippen LogP contribution in [-0.4, -0.2) is 48.8 Å². The number of furan rings is 1. The van der Waals surface area contributed by atoms with Gasteiger partial charge in [0.2, 0.25) is 0 Å². The fourth-order valence-corrected chi connectivity index (χ4v) is 4.72. The van der Waals surface area contributed by atoms with Gasteiger partial charge < -0.3 is 24.9 Å². The van der Waals surface area contributed by atoms with Crippen molar-refractivity contribution in [2.75, 3.05) is 36.4 Å². The van der Waals surface area contributed by atoms with E-state index in [4.69, 9.17) is 4.42 Å². The normalized spacial score (nSPS) is 13.4. The highest BCUT2D eigenvalue weighted by Gasteiger charge is 2.25. The molecule has 0 spiro atoms. The predicted molar refractivity (Wildman–Crippen MR) is 150 cm³/mol. The number of nitrogens with zero attached hydrogens (tertiary/aromatic N) is 2. The number of hydrogen-bond donors (Lipinski definition) is 2. The molecule has 41 heavy (non-hydrogen) atoms. The molecule has 10 heteroatoms. The second kappa shape index (κ2) is 12.5. The van der Waals surface area contributed by atoms with Crippen molar-refractivity contribution in [2.24, 2.45) is 0 Å². The molecular weight excluding hydrogens is 530 g/mol. The van der Waals surface area contributed by atoms with Gasteiger partial charge in [-0.25, -0.2) is 8.78 Å². The van der Waals surface area contributed by atoms with Gasteiger partial charge in [0.1, 0.15) is 11.6 Å². The third kappa shape index (κ3) is 6.60. The SMILES string of the molecule is O=C(Nc1ccc(N2CCCN(C(=O)c3ccccc3F)CC2)c(C(=O)NCc2ccc(F)cc2)c1)c1ccco1. The number of carbonyl (C=O) groups excluding carboxylic acids is 3. The third-order valence-corrected chi connectivity index (χ3v) is 6.84. The molecule has 0 aliphatic carbocycles. The van der Waals surface area contributed by atoms with E-state index in [2.05, 4.69) is 10.6 Å². The summed E-state index contributed by atoms with van der Waals surface area (Å²) >= 11 is 0. The summed E-state index contributed by atoms with van der Waals surface area (Å²) in [5.74, 6) is -2.03. The smallest absolute Gasteiger partial charge is 0.291 e. The van der Waals surface area contributed by atoms with E-state index in [0.717, 1.165) is 5.56 Å². The fourth-order valence-electron chi connectivity index (χ4n) is 4.72. The third-order valence-electron chi connectivity index (χ3n) is 6.84. The molecule has 0 saturated carbocycles. The minimum absolute atomic E-state index is 0.0264. The largest absolute Gasteiger partial charge is 0.459 e. The van der Waals surface area contributed by atoms with Crippen LogP contribution < -0.4 is 15.5 Å². The van der Waals surface area contributed by atoms with Gasteiger partial charge in [-0.2, -0.15) is 0 Å². The van der Waals surface area contributed by atoms with Crippen molar-refractivity contribution in [3.63, 3.8) is 0 Å². The Bertz CT molecular complexity index is 1540. The lowest BCUT2D eigenvalue weighted by atomic mass is 10.1. The maximum atomic E-state index is 14.3. The van der Waals surface area contributed by atoms with Gasteiger partial charge in [0.05, 0.1) is 17.4 Å². The molecule has 1 fully saturated rings. The molecule has 8 nitrogen and oxygen atoms in total. The van der Waals surface area contributed by atoms with Gasteiger partial charge in [0.15, 0.2) is 5.76 Å². The molecule has 0 atom stereocenters. The van der Waals surface area contributed by atoms with Crippen molar-refractivity contribution < 1.29 is 27.6 Å². The lowest BCUT2D eigenvalue weighted by Gasteiger charge is -2.26. The van der Waals surface area contributed by atoms with E-state index in [-0.39, 0.29) is 35.5 Å². The maximum Gasteiger partial charge on any atom is 0.291 e. The van der Waals surface area contributed by atoms with E-state index < -0.39 is 11.7 Å². The zero-order chi connectivity index (χ0) is 28.8. The number of hydrogen-bond acceptors (Lipinski definition) is 5. The van der Waals surface area contributed by atoms with E-state index in [1.165, 1.54) is 36.6 Å². The minimum atomic E-state index is -0.564. The molecule has 210 valence electrons. The standard InChI is InChI=1S/C31H28F2N4O4/c32-22-10-8-21(9-11-22)20-34-29(38)25-19-23(35-30(39)28-7-3-18-41-28)12-13-27(25)36-14-4-15-37(17-16-36)31(40)24-5-1-2-6-26(24)33/h1-3,5-13,18-19H,4,14-17,20H2,(H,34,38)(H,35,39). The number of halogens is 2. The average molecular weight is 559 g/mol. The lowest BCUT2D eigenvalue weighted by molar-refractivity contribution is 0.0761. The van der Waals surface area contributed by atoms with E-state index in [1.807, 2.05) is 4.90 Å². The Labute approximate surface area is 235 Å². The maximum absolute atomic E-state index is 14.3. The van der Waals surface area contributed by atoms with E-state index in [0.29, 0.717) is 49.5 Å². The highest BCUT2D eigenvalue weighted by molar-refractivity contribution is 6.05. The molecule has 0 unspecified atom stereocenters. The molecule has 4 aromatic rings. The van der Waals surface area contributed by atoms with E-state index in [1.54, 1.807) is 53.4 Å². The van der Waals surface area contributed by atoms with Gasteiger partial charge in [0.25, 0.3) is 17.7 Å². The van der Waals surface area contributed by atoms with Crippen molar-refractivity contribution >= 4 is 29.1 Å². The first-order valence-electron chi connectivity index (χ1n) is 13.2. The molecule has 1 saturated heterocycles. The van der Waals surface area contributed by atoms with Gasteiger partial charge in [-0.1, -0.05) is 24.3 Å². The summed E-state index contributed by atoms with van der Waals surface area (Å²) in [6, 6.07) is 19.9. The van der Waals surface area contributed by atoms with Crippen LogP contribution >= 0.6 is 0 Å². The molecule has 0 radical (unpaired) electrons. The number of nitrogens with one attached hydrogen (secondary N) is 2. The summed E-state index contributed by atoms with van der Waals surface area (Å²) in [7, 11) is 0. The van der Waals surface area contributed by atoms with Crippen molar-refractivity contribution in [3.05, 3.63) is 119 Å². The van der Waals surface area contributed by atoms with Crippen LogP contribution in [0.1, 0.15) is 43.3 Å². The van der Waals surface area contributed by atoms with Gasteiger partial charge >= 0.3 is 0 Å². The Morgan fingerprint density at radius 3 is 2.37 bits per heavy atom. The summed E-state index contributed by atoms with van der Waals surface area (Å²) in [6.07, 6.45) is 2.00. The molecule has 0 bridgehead atoms. The van der Waals surface area contributed by atoms with Gasteiger partial charge in [-0.15, -0.1) is 0 Å². The summed E-state index contributed by atoms with van der Waals surface area (Å²) in [5.41, 5.74) is 2.09. The Morgan fingerprint density at radius 1 is 0.805 bits per heavy atom. The van der Waals surface area contributed by atoms with E-state index in [9.17, 15) is 23.2 Å². The molecule has 3 amide bonds. The Balaban J connectivity index is 1.36. The van der Waals surface area contributed by atoms with Crippen LogP contribution in [-0.2, 0) is 6.54 Å². The Kier molecular flexibility index (Phi) is 8.38. The number of anilines is 2. The zero-order valence-corrected chi connectivity index (χ0v) is 22.1. The van der Waals surface area contributed by atoms with Crippen LogP contribution in [0, 0.1) is 11.6 Å². The molecule has 2 heterocycles. The van der Waals surface area contributed by atoms with Crippen molar-refractivity contribution in [1.29, 1.82) is 0 Å². The highest BCUT2D eigenvalue weighted by Crippen LogP contribution is 2.27. The summed E-state index contributed by atoms with van der Waals surface area (Å²) in [5, 5.41) is 5.61. The van der Waals surface area contributed by atoms with Crippen LogP contribution in [0.5, 0.6) is 0 Å². The average Bonchev–Trinajstić information content (AvgIpc) is 3.42. The molecule has 1 aromatic heterocycles. The van der Waals surface area contributed by atoms with Crippen LogP contribution in [0.4, 0.5) is 20.2 Å². The molecule has 5 rings (SSSR count). The van der Waals surface area contributed by atoms with Crippen LogP contribution in [0.3, 0.4) is 0 Å². The number of carbonyl (C=O) groups is 3. The quantitative estimate of drug-likeness (QED) is 0.330. The van der Waals surface area contributed by atoms with Gasteiger partial charge in [-0.3, -0.25) is 14.4 Å². The molecule has 2 N–H and O–H groups in total. The summed E-state index contributed by atoms with van der Waals surface area (Å²) in [4.78, 5) is 42.6. The Morgan fingerprint density at radius 2 is 1.61 bits per heavy atom. The molecule has 3 aromatic carbocycles. The zero-order valence-electron chi connectivity index (χ0n) is 22.1. The van der Waals surface area contributed by atoms with Crippen LogP contribution in [0.15, 0.2) is 89.5 Å². The minimum Gasteiger partial charge on any atom is -0.459 e. The van der Waals surface area contributed by atoms with Crippen molar-refractivity contribution in [3.8, 4) is 0 Å². The van der Waals surface area contributed by atoms with Crippen molar-refractivity contribution in [1.82, 2.24) is 10.2 Å². The second-order valence-electron chi connectivity index (χ2n) is 9.59. The first kappa shape index (κ1) is 27.6. The topological polar surface area (TPSA) is 94.9 Å². The van der Waals surface area contributed by atoms with Crippen LogP contribution in [0.25, 0.3) is 0 Å². The van der Waals surface area contributed by atoms with E-state index >= 15 is 0 Å². The highest BCUT2D eigenvalue weighted by atomic mass is 19.1. The lowest BCUT2D eigenvalue weighted by Crippen LogP contribution is -2.36. The predicted octanol–water partition coefficient (Wildman–Crippen LogP) is 5.09. The number of amides is 3. The van der Waals surface area contributed by atoms with Gasteiger partial charge in [-0.05, 0) is 66.6 Å². The second-order valence-corrected chi connectivity index (χ2v) is 9.59. The number of rotatable bonds is 7. The monoisotopic (exact) mass is 558 g/mol. The molecule has 1 aliphatic heterocycles. The van der Waals surface area contributed by atoms with Gasteiger partial charge in [0, 0.05) is 44.1 Å². The number of benzene rings is 3. The summed E-state index contributed by atoms with van der Waals surface area (Å²) < 4.78 is 32.7.